The number of nitrogens with zero attached hydrogens (tertiary/aromatic N) is 3. The van der Waals surface area contributed by atoms with Crippen LogP contribution in [0.25, 0.3) is 0 Å². The van der Waals surface area contributed by atoms with Gasteiger partial charge in [0, 0.05) is 38.4 Å². The molecule has 3 rings (SSSR count). The van der Waals surface area contributed by atoms with E-state index in [4.69, 9.17) is 22.7 Å². The molecular weight excluding hydrogens is 272 g/mol. The number of pyridine rings is 1. The molecule has 2 aliphatic heterocycles. The van der Waals surface area contributed by atoms with E-state index in [0.29, 0.717) is 11.0 Å². The fraction of sp³-hybridized carbons (Fsp3) is 0.571. The summed E-state index contributed by atoms with van der Waals surface area (Å²) in [6.45, 7) is 5.75. The quantitative estimate of drug-likeness (QED) is 0.825. The molecular formula is C14H20N4OS. The van der Waals surface area contributed by atoms with E-state index in [0.717, 1.165) is 57.2 Å². The van der Waals surface area contributed by atoms with Crippen molar-refractivity contribution in [3.63, 3.8) is 0 Å². The first-order valence-corrected chi connectivity index (χ1v) is 7.48. The van der Waals surface area contributed by atoms with E-state index in [9.17, 15) is 0 Å². The first-order valence-electron chi connectivity index (χ1n) is 7.07. The van der Waals surface area contributed by atoms with Crippen molar-refractivity contribution in [3.8, 4) is 0 Å². The zero-order chi connectivity index (χ0) is 13.9. The van der Waals surface area contributed by atoms with Gasteiger partial charge in [-0.15, -0.1) is 0 Å². The van der Waals surface area contributed by atoms with Crippen LogP contribution in [0.3, 0.4) is 0 Å². The average molecular weight is 292 g/mol. The van der Waals surface area contributed by atoms with Gasteiger partial charge in [0.15, 0.2) is 0 Å². The third-order valence-electron chi connectivity index (χ3n) is 4.08. The molecule has 0 aliphatic carbocycles. The molecule has 2 saturated heterocycles. The SMILES string of the molecule is NC(=S)c1cccnc1N1CCC(N2CCOCC2)C1. The van der Waals surface area contributed by atoms with Crippen LogP contribution >= 0.6 is 12.2 Å². The molecule has 0 spiro atoms. The van der Waals surface area contributed by atoms with Gasteiger partial charge < -0.3 is 15.4 Å². The second-order valence-electron chi connectivity index (χ2n) is 5.28. The summed E-state index contributed by atoms with van der Waals surface area (Å²) in [6.07, 6.45) is 2.96. The van der Waals surface area contributed by atoms with Crippen molar-refractivity contribution in [1.29, 1.82) is 0 Å². The minimum absolute atomic E-state index is 0.419. The Kier molecular flexibility index (Phi) is 4.14. The van der Waals surface area contributed by atoms with Crippen LogP contribution in [0.4, 0.5) is 5.82 Å². The Hall–Kier alpha value is -1.24. The predicted molar refractivity (Wildman–Crippen MR) is 83.1 cm³/mol. The molecule has 5 nitrogen and oxygen atoms in total. The number of morpholine rings is 1. The Balaban J connectivity index is 1.72. The van der Waals surface area contributed by atoms with Crippen molar-refractivity contribution in [2.45, 2.75) is 12.5 Å². The van der Waals surface area contributed by atoms with Crippen molar-refractivity contribution in [3.05, 3.63) is 23.9 Å². The highest BCUT2D eigenvalue weighted by atomic mass is 32.1. The lowest BCUT2D eigenvalue weighted by atomic mass is 10.2. The van der Waals surface area contributed by atoms with Crippen LogP contribution in [-0.4, -0.2) is 60.3 Å². The van der Waals surface area contributed by atoms with Gasteiger partial charge in [-0.1, -0.05) is 12.2 Å². The molecule has 2 fully saturated rings. The number of thiocarbonyl (C=S) groups is 1. The summed E-state index contributed by atoms with van der Waals surface area (Å²) < 4.78 is 5.42. The highest BCUT2D eigenvalue weighted by molar-refractivity contribution is 7.80. The number of anilines is 1. The number of aromatic nitrogens is 1. The smallest absolute Gasteiger partial charge is 0.138 e. The zero-order valence-electron chi connectivity index (χ0n) is 11.5. The predicted octanol–water partition coefficient (Wildman–Crippen LogP) is 0.627. The van der Waals surface area contributed by atoms with Gasteiger partial charge in [-0.3, -0.25) is 4.90 Å². The van der Waals surface area contributed by atoms with Gasteiger partial charge in [-0.2, -0.15) is 0 Å². The molecule has 2 N–H and O–H groups in total. The van der Waals surface area contributed by atoms with Gasteiger partial charge in [0.1, 0.15) is 10.8 Å². The first-order chi connectivity index (χ1) is 9.75. The highest BCUT2D eigenvalue weighted by Crippen LogP contribution is 2.24. The number of nitrogens with two attached hydrogens (primary N) is 1. The summed E-state index contributed by atoms with van der Waals surface area (Å²) >= 11 is 5.12. The van der Waals surface area contributed by atoms with Crippen LogP contribution in [-0.2, 0) is 4.74 Å². The number of ether oxygens (including phenoxy) is 1. The van der Waals surface area contributed by atoms with Gasteiger partial charge in [-0.25, -0.2) is 4.98 Å². The lowest BCUT2D eigenvalue weighted by Gasteiger charge is -2.32. The van der Waals surface area contributed by atoms with Crippen molar-refractivity contribution in [2.24, 2.45) is 5.73 Å². The third-order valence-corrected chi connectivity index (χ3v) is 4.30. The maximum absolute atomic E-state index is 5.80. The monoisotopic (exact) mass is 292 g/mol. The normalized spacial score (nSPS) is 24.0. The molecule has 108 valence electrons. The van der Waals surface area contributed by atoms with Gasteiger partial charge in [0.05, 0.1) is 18.8 Å². The molecule has 1 aromatic heterocycles. The van der Waals surface area contributed by atoms with E-state index in [1.807, 2.05) is 12.1 Å². The summed E-state index contributed by atoms with van der Waals surface area (Å²) in [4.78, 5) is 9.72. The van der Waals surface area contributed by atoms with E-state index in [1.54, 1.807) is 6.20 Å². The summed E-state index contributed by atoms with van der Waals surface area (Å²) in [5.74, 6) is 0.927. The second-order valence-corrected chi connectivity index (χ2v) is 5.72. The maximum Gasteiger partial charge on any atom is 0.138 e. The summed E-state index contributed by atoms with van der Waals surface area (Å²) in [7, 11) is 0. The molecule has 0 saturated carbocycles. The molecule has 6 heteroatoms. The van der Waals surface area contributed by atoms with Crippen molar-refractivity contribution >= 4 is 23.0 Å². The Labute approximate surface area is 124 Å². The standard InChI is InChI=1S/C14H20N4OS/c15-13(20)12-2-1-4-16-14(12)18-5-3-11(10-18)17-6-8-19-9-7-17/h1-2,4,11H,3,5-10H2,(H2,15,20). The average Bonchev–Trinajstić information content (AvgIpc) is 2.98. The topological polar surface area (TPSA) is 54.6 Å². The third kappa shape index (κ3) is 2.77. The van der Waals surface area contributed by atoms with Crippen LogP contribution in [0, 0.1) is 0 Å². The van der Waals surface area contributed by atoms with Gasteiger partial charge >= 0.3 is 0 Å². The lowest BCUT2D eigenvalue weighted by molar-refractivity contribution is 0.0209. The molecule has 2 aliphatic rings. The highest BCUT2D eigenvalue weighted by Gasteiger charge is 2.30. The fourth-order valence-corrected chi connectivity index (χ4v) is 3.18. The summed E-state index contributed by atoms with van der Waals surface area (Å²) in [6, 6.07) is 4.42. The molecule has 0 aromatic carbocycles. The van der Waals surface area contributed by atoms with Gasteiger partial charge in [-0.05, 0) is 18.6 Å². The maximum atomic E-state index is 5.80. The molecule has 1 aromatic rings. The van der Waals surface area contributed by atoms with Crippen LogP contribution in [0.1, 0.15) is 12.0 Å². The van der Waals surface area contributed by atoms with Gasteiger partial charge in [0.2, 0.25) is 0 Å². The van der Waals surface area contributed by atoms with E-state index in [-0.39, 0.29) is 0 Å². The van der Waals surface area contributed by atoms with Crippen LogP contribution in [0.15, 0.2) is 18.3 Å². The van der Waals surface area contributed by atoms with Crippen molar-refractivity contribution in [1.82, 2.24) is 9.88 Å². The first kappa shape index (κ1) is 13.7. The molecule has 0 amide bonds. The molecule has 0 bridgehead atoms. The van der Waals surface area contributed by atoms with Crippen molar-refractivity contribution < 1.29 is 4.74 Å². The van der Waals surface area contributed by atoms with E-state index in [2.05, 4.69) is 14.8 Å². The molecule has 1 unspecified atom stereocenters. The number of hydrogen-bond donors (Lipinski definition) is 1. The Morgan fingerprint density at radius 1 is 1.35 bits per heavy atom. The summed E-state index contributed by atoms with van der Waals surface area (Å²) in [5.41, 5.74) is 6.68. The van der Waals surface area contributed by atoms with Crippen LogP contribution in [0.2, 0.25) is 0 Å². The van der Waals surface area contributed by atoms with Crippen LogP contribution < -0.4 is 10.6 Å². The second kappa shape index (κ2) is 6.03. The Morgan fingerprint density at radius 3 is 2.90 bits per heavy atom. The van der Waals surface area contributed by atoms with E-state index >= 15 is 0 Å². The zero-order valence-corrected chi connectivity index (χ0v) is 12.3. The lowest BCUT2D eigenvalue weighted by Crippen LogP contribution is -2.44. The Morgan fingerprint density at radius 2 is 2.15 bits per heavy atom. The minimum Gasteiger partial charge on any atom is -0.389 e. The molecule has 3 heterocycles. The number of hydrogen-bond acceptors (Lipinski definition) is 5. The minimum atomic E-state index is 0.419. The molecule has 1 atom stereocenters. The van der Waals surface area contributed by atoms with Gasteiger partial charge in [0.25, 0.3) is 0 Å². The Bertz CT molecular complexity index is 490. The summed E-state index contributed by atoms with van der Waals surface area (Å²) in [5, 5.41) is 0. The number of rotatable bonds is 3. The van der Waals surface area contributed by atoms with E-state index in [1.165, 1.54) is 0 Å². The molecule has 0 radical (unpaired) electrons. The largest absolute Gasteiger partial charge is 0.389 e. The molecule has 20 heavy (non-hydrogen) atoms. The van der Waals surface area contributed by atoms with Crippen molar-refractivity contribution in [2.75, 3.05) is 44.3 Å². The van der Waals surface area contributed by atoms with E-state index < -0.39 is 0 Å². The van der Waals surface area contributed by atoms with Crippen LogP contribution in [0.5, 0.6) is 0 Å². The fourth-order valence-electron chi connectivity index (χ4n) is 3.02.